The molecule has 0 unspecified atom stereocenters. The lowest BCUT2D eigenvalue weighted by atomic mass is 9.85. The quantitative estimate of drug-likeness (QED) is 0.0104. The number of hydrogen-bond acceptors (Lipinski definition) is 21. The third kappa shape index (κ3) is 19.5. The molecule has 4 N–H and O–H groups in total. The number of rotatable bonds is 31. The number of hydrogen-bond donors (Lipinski definition) is 4. The van der Waals surface area contributed by atoms with Crippen LogP contribution >= 0.6 is 22.9 Å². The topological polar surface area (TPSA) is 316 Å². The first-order valence-electron chi connectivity index (χ1n) is 31.0. The highest BCUT2D eigenvalue weighted by Gasteiger charge is 2.46. The lowest BCUT2D eigenvalue weighted by Gasteiger charge is -2.35. The van der Waals surface area contributed by atoms with Gasteiger partial charge in [-0.2, -0.15) is 0 Å². The number of aromatic nitrogens is 8. The maximum atomic E-state index is 14.6. The number of imidazole rings is 1. The number of nitro groups is 1. The van der Waals surface area contributed by atoms with E-state index in [-0.39, 0.29) is 56.0 Å². The minimum atomic E-state index is -1.14. The summed E-state index contributed by atoms with van der Waals surface area (Å²) in [5, 5.41) is 32.3. The zero-order valence-electron chi connectivity index (χ0n) is 53.0. The molecule has 0 saturated carbocycles. The van der Waals surface area contributed by atoms with Crippen LogP contribution in [-0.2, 0) is 71.3 Å². The summed E-state index contributed by atoms with van der Waals surface area (Å²) in [6, 6.07) is 13.2. The van der Waals surface area contributed by atoms with E-state index < -0.39 is 77.4 Å². The van der Waals surface area contributed by atoms with Crippen molar-refractivity contribution in [3.05, 3.63) is 135 Å². The van der Waals surface area contributed by atoms with Crippen LogP contribution in [0.15, 0.2) is 91.0 Å². The Labute approximate surface area is 551 Å². The van der Waals surface area contributed by atoms with Crippen LogP contribution in [0.3, 0.4) is 0 Å². The molecule has 500 valence electrons. The second-order valence-electron chi connectivity index (χ2n) is 23.8. The number of piperidine rings is 1. The molecule has 7 aromatic rings. The van der Waals surface area contributed by atoms with E-state index in [1.165, 1.54) is 60.4 Å². The normalized spacial score (nSPS) is 15.5. The number of nitrogens with one attached hydrogen (secondary N) is 4. The van der Waals surface area contributed by atoms with Crippen molar-refractivity contribution in [3.63, 3.8) is 0 Å². The number of thiazole rings is 1. The Morgan fingerprint density at radius 3 is 2.49 bits per heavy atom. The second kappa shape index (κ2) is 33.2. The zero-order valence-corrected chi connectivity index (χ0v) is 54.6. The third-order valence-electron chi connectivity index (χ3n) is 15.8. The van der Waals surface area contributed by atoms with Crippen molar-refractivity contribution in [3.8, 4) is 16.2 Å². The smallest absolute Gasteiger partial charge is 0.491 e. The monoisotopic (exact) mass is 1330 g/mol. The van der Waals surface area contributed by atoms with Crippen molar-refractivity contribution in [2.45, 2.75) is 117 Å². The summed E-state index contributed by atoms with van der Waals surface area (Å²) in [6.07, 6.45) is 12.2. The summed E-state index contributed by atoms with van der Waals surface area (Å²) < 4.78 is 45.4. The van der Waals surface area contributed by atoms with Crippen LogP contribution in [0.4, 0.5) is 32.3 Å². The predicted octanol–water partition coefficient (Wildman–Crippen LogP) is 8.81. The fourth-order valence-electron chi connectivity index (χ4n) is 10.7. The number of unbranched alkanes of at least 4 members (excludes halogenated alkanes) is 2. The van der Waals surface area contributed by atoms with Crippen LogP contribution in [-0.4, -0.2) is 161 Å². The SMILES string of the molecule is Cc1ncsc1-c1ccc(CNC(=O)[C@@H]2C[C@@H](OC(=O)OCc3cnc([N+](=O)[O-])n3C)CN2C(=O)[C@@H](NC(=O)COCCOCCn2cc(CCCCCOc3cc4ncnc(Nc5ccc(F)c(Cl)c5)c4cc3NC(=O)/C=C/CN3CCCCC3)nn2)C(C)(C)C)cc1. The summed E-state index contributed by atoms with van der Waals surface area (Å²) >= 11 is 7.58. The number of amides is 4. The molecule has 3 atom stereocenters. The number of fused-ring (bicyclic) bond motifs is 1. The Hall–Kier alpha value is -9.03. The first-order chi connectivity index (χ1) is 45.3. The molecule has 2 aliphatic rings. The number of benzene rings is 3. The van der Waals surface area contributed by atoms with Crippen LogP contribution in [0.5, 0.6) is 5.75 Å². The predicted molar refractivity (Wildman–Crippen MR) is 348 cm³/mol. The van der Waals surface area contributed by atoms with Gasteiger partial charge in [-0.1, -0.05) is 79.3 Å². The molecular weight excluding hydrogens is 1260 g/mol. The van der Waals surface area contributed by atoms with Gasteiger partial charge in [-0.25, -0.2) is 33.4 Å². The molecule has 2 aliphatic heterocycles. The summed E-state index contributed by atoms with van der Waals surface area (Å²) in [4.78, 5) is 101. The number of anilines is 3. The van der Waals surface area contributed by atoms with Crippen LogP contribution in [0, 0.1) is 28.3 Å². The highest BCUT2D eigenvalue weighted by atomic mass is 35.5. The molecule has 0 aliphatic carbocycles. The van der Waals surface area contributed by atoms with E-state index in [1.54, 1.807) is 49.2 Å². The standard InChI is InChI=1S/C64H77ClFN15O12S/c1-41-57(94-40-71-41)43-17-15-42(16-18-43)33-67-60(84)53-30-47(93-63(86)92-37-46-34-68-62(77(46)5)81(87)88)36-80(53)61(85)58(64(2,3)4)74-56(83)38-90-28-27-89-26-24-79-35-45(75-76-79)13-8-6-11-25-91-54-32-51-48(59(70-39-69-51)72-44-19-20-50(66)49(65)29-44)31-52(54)73-55(82)14-12-23-78-21-9-7-10-22-78/h12,14-20,29,31-32,34-35,39-40,47,53,58H,6-11,13,21-28,30,33,36-38H2,1-5H3,(H,67,84)(H,73,82)(H,74,83)(H,69,70,72)/b14-12+/t47-,53+,58-/m1/s1. The molecule has 2 fully saturated rings. The first kappa shape index (κ1) is 69.3. The molecule has 2 saturated heterocycles. The van der Waals surface area contributed by atoms with E-state index in [0.29, 0.717) is 66.4 Å². The molecule has 3 aromatic carbocycles. The van der Waals surface area contributed by atoms with Crippen LogP contribution in [0.25, 0.3) is 21.3 Å². The Morgan fingerprint density at radius 2 is 1.74 bits per heavy atom. The summed E-state index contributed by atoms with van der Waals surface area (Å²) in [6.45, 7) is 10.4. The molecule has 4 aromatic heterocycles. The Bertz CT molecular complexity index is 3800. The van der Waals surface area contributed by atoms with Gasteiger partial charge >= 0.3 is 12.1 Å². The van der Waals surface area contributed by atoms with E-state index in [2.05, 4.69) is 56.4 Å². The molecule has 4 amide bonds. The van der Waals surface area contributed by atoms with Gasteiger partial charge in [0.2, 0.25) is 23.6 Å². The largest absolute Gasteiger partial charge is 0.509 e. The lowest BCUT2D eigenvalue weighted by molar-refractivity contribution is -0.396. The van der Waals surface area contributed by atoms with E-state index in [9.17, 15) is 38.5 Å². The minimum Gasteiger partial charge on any atom is -0.491 e. The Kier molecular flexibility index (Phi) is 24.5. The van der Waals surface area contributed by atoms with E-state index in [0.717, 1.165) is 70.7 Å². The van der Waals surface area contributed by atoms with Gasteiger partial charge in [0.1, 0.15) is 54.7 Å². The maximum absolute atomic E-state index is 14.6. The van der Waals surface area contributed by atoms with Gasteiger partial charge in [0.25, 0.3) is 0 Å². The van der Waals surface area contributed by atoms with Crippen molar-refractivity contribution in [1.82, 2.24) is 59.9 Å². The molecule has 30 heteroatoms. The van der Waals surface area contributed by atoms with E-state index in [4.69, 9.17) is 35.3 Å². The molecule has 9 rings (SSSR count). The summed E-state index contributed by atoms with van der Waals surface area (Å²) in [5.74, 6) is -2.10. The van der Waals surface area contributed by atoms with Gasteiger partial charge in [-0.15, -0.1) is 16.4 Å². The number of carbonyl (C=O) groups excluding carboxylic acids is 5. The third-order valence-corrected chi connectivity index (χ3v) is 17.0. The fourth-order valence-corrected chi connectivity index (χ4v) is 11.7. The zero-order chi connectivity index (χ0) is 66.7. The highest BCUT2D eigenvalue weighted by Crippen LogP contribution is 2.35. The lowest BCUT2D eigenvalue weighted by Crippen LogP contribution is -2.58. The van der Waals surface area contributed by atoms with Crippen molar-refractivity contribution >= 4 is 86.8 Å². The number of ether oxygens (including phenoxy) is 5. The van der Waals surface area contributed by atoms with E-state index in [1.807, 2.05) is 43.5 Å². The second-order valence-corrected chi connectivity index (χ2v) is 25.1. The Balaban J connectivity index is 0.705. The molecule has 0 spiro atoms. The number of halogens is 2. The Morgan fingerprint density at radius 1 is 0.947 bits per heavy atom. The molecule has 27 nitrogen and oxygen atoms in total. The average molecular weight is 1330 g/mol. The molecular formula is C64H77ClFN15O12S. The van der Waals surface area contributed by atoms with E-state index >= 15 is 0 Å². The minimum absolute atomic E-state index is 0.0418. The van der Waals surface area contributed by atoms with Crippen molar-refractivity contribution in [2.24, 2.45) is 12.5 Å². The average Bonchev–Trinajstić information content (AvgIpc) is 0.974. The van der Waals surface area contributed by atoms with Gasteiger partial charge in [-0.05, 0) is 104 Å². The van der Waals surface area contributed by atoms with Crippen LogP contribution < -0.4 is 26.0 Å². The number of likely N-dealkylation sites (tertiary alicyclic amines) is 2. The molecule has 0 radical (unpaired) electrons. The summed E-state index contributed by atoms with van der Waals surface area (Å²) in [7, 11) is 1.40. The molecule has 94 heavy (non-hydrogen) atoms. The van der Waals surface area contributed by atoms with Gasteiger partial charge in [-0.3, -0.25) is 24.1 Å². The summed E-state index contributed by atoms with van der Waals surface area (Å²) in [5.41, 5.74) is 6.17. The fraction of sp³-hybridized carbons (Fsp3) is 0.453. The van der Waals surface area contributed by atoms with Crippen molar-refractivity contribution in [1.29, 1.82) is 0 Å². The van der Waals surface area contributed by atoms with Crippen molar-refractivity contribution < 1.29 is 57.0 Å². The molecule has 6 heterocycles. The number of aryl methyl sites for hydroxylation is 2. The van der Waals surface area contributed by atoms with Crippen LogP contribution in [0.1, 0.15) is 88.4 Å². The molecule has 0 bridgehead atoms. The van der Waals surface area contributed by atoms with Crippen molar-refractivity contribution in [2.75, 3.05) is 69.8 Å². The van der Waals surface area contributed by atoms with Gasteiger partial charge in [0, 0.05) is 48.9 Å². The van der Waals surface area contributed by atoms with Gasteiger partial charge < -0.3 is 60.0 Å². The number of carbonyl (C=O) groups is 5. The first-order valence-corrected chi connectivity index (χ1v) is 32.3. The maximum Gasteiger partial charge on any atom is 0.509 e. The highest BCUT2D eigenvalue weighted by molar-refractivity contribution is 7.13. The van der Waals surface area contributed by atoms with Crippen LogP contribution in [0.2, 0.25) is 5.02 Å². The van der Waals surface area contributed by atoms with Gasteiger partial charge in [0.05, 0.1) is 84.6 Å². The number of nitrogens with zero attached hydrogens (tertiary/aromatic N) is 11. The van der Waals surface area contributed by atoms with Gasteiger partial charge in [0.15, 0.2) is 12.3 Å².